The molecule has 0 aliphatic heterocycles. The monoisotopic (exact) mass is 288 g/mol. The van der Waals surface area contributed by atoms with Crippen molar-refractivity contribution < 1.29 is 18.7 Å². The molecule has 0 saturated carbocycles. The third-order valence-electron chi connectivity index (χ3n) is 2.55. The van der Waals surface area contributed by atoms with E-state index in [0.717, 1.165) is 5.56 Å². The summed E-state index contributed by atoms with van der Waals surface area (Å²) in [6.45, 7) is 0. The van der Waals surface area contributed by atoms with Gasteiger partial charge in [0.05, 0.1) is 19.6 Å². The Labute approximate surface area is 122 Å². The molecular weight excluding hydrogens is 272 g/mol. The Balaban J connectivity index is 2.18. The van der Waals surface area contributed by atoms with Crippen molar-refractivity contribution in [1.82, 2.24) is 5.01 Å². The molecule has 2 rings (SSSR count). The Bertz CT molecular complexity index is 633. The lowest BCUT2D eigenvalue weighted by molar-refractivity contribution is 0.0696. The number of carbonyl (C=O) groups excluding carboxylic acids is 1. The Morgan fingerprint density at radius 2 is 2.10 bits per heavy atom. The Morgan fingerprint density at radius 1 is 1.29 bits per heavy atom. The standard InChI is InChI=1S/C15H16N2O4/c1-17(2)16-10-11-6-7-12(14(9-11)19-3)21-15(18)13-5-4-8-20-13/h4-10H,1-3H3. The summed E-state index contributed by atoms with van der Waals surface area (Å²) < 4.78 is 15.5. The molecule has 0 aliphatic rings. The molecule has 21 heavy (non-hydrogen) atoms. The third-order valence-corrected chi connectivity index (χ3v) is 2.55. The molecule has 6 heteroatoms. The van der Waals surface area contributed by atoms with Crippen molar-refractivity contribution in [3.8, 4) is 11.5 Å². The number of benzene rings is 1. The average Bonchev–Trinajstić information content (AvgIpc) is 3.00. The smallest absolute Gasteiger partial charge is 0.379 e. The van der Waals surface area contributed by atoms with Gasteiger partial charge in [-0.1, -0.05) is 0 Å². The number of hydrazone groups is 1. The van der Waals surface area contributed by atoms with Crippen molar-refractivity contribution in [2.45, 2.75) is 0 Å². The molecule has 0 saturated heterocycles. The molecule has 0 amide bonds. The number of carbonyl (C=O) groups is 1. The predicted octanol–water partition coefficient (Wildman–Crippen LogP) is 2.40. The molecule has 6 nitrogen and oxygen atoms in total. The van der Waals surface area contributed by atoms with Crippen LogP contribution in [0.1, 0.15) is 16.1 Å². The second-order valence-corrected chi connectivity index (χ2v) is 4.37. The van der Waals surface area contributed by atoms with Gasteiger partial charge in [0, 0.05) is 14.1 Å². The van der Waals surface area contributed by atoms with Crippen molar-refractivity contribution in [3.63, 3.8) is 0 Å². The van der Waals surface area contributed by atoms with Crippen LogP contribution >= 0.6 is 0 Å². The molecule has 1 aromatic carbocycles. The van der Waals surface area contributed by atoms with Crippen LogP contribution in [0.15, 0.2) is 46.1 Å². The van der Waals surface area contributed by atoms with E-state index in [1.165, 1.54) is 19.4 Å². The molecule has 1 aromatic heterocycles. The van der Waals surface area contributed by atoms with Gasteiger partial charge >= 0.3 is 5.97 Å². The molecule has 0 bridgehead atoms. The number of ether oxygens (including phenoxy) is 2. The van der Waals surface area contributed by atoms with Crippen molar-refractivity contribution in [2.24, 2.45) is 5.10 Å². The van der Waals surface area contributed by atoms with E-state index >= 15 is 0 Å². The zero-order valence-corrected chi connectivity index (χ0v) is 12.1. The molecule has 0 fully saturated rings. The van der Waals surface area contributed by atoms with E-state index in [4.69, 9.17) is 13.9 Å². The first kappa shape index (κ1) is 14.6. The van der Waals surface area contributed by atoms with Crippen LogP contribution in [0.3, 0.4) is 0 Å². The number of esters is 1. The first-order valence-corrected chi connectivity index (χ1v) is 6.25. The van der Waals surface area contributed by atoms with Crippen LogP contribution in [0.25, 0.3) is 0 Å². The van der Waals surface area contributed by atoms with E-state index in [1.54, 1.807) is 35.5 Å². The second kappa shape index (κ2) is 6.60. The van der Waals surface area contributed by atoms with Crippen LogP contribution in [-0.4, -0.2) is 38.4 Å². The zero-order chi connectivity index (χ0) is 15.2. The lowest BCUT2D eigenvalue weighted by Crippen LogP contribution is -2.08. The van der Waals surface area contributed by atoms with Gasteiger partial charge < -0.3 is 18.9 Å². The van der Waals surface area contributed by atoms with E-state index in [-0.39, 0.29) is 5.76 Å². The fourth-order valence-corrected chi connectivity index (χ4v) is 1.58. The Morgan fingerprint density at radius 3 is 2.71 bits per heavy atom. The summed E-state index contributed by atoms with van der Waals surface area (Å²) in [5.74, 6) is 0.321. The Kier molecular flexibility index (Phi) is 4.61. The molecule has 0 N–H and O–H groups in total. The summed E-state index contributed by atoms with van der Waals surface area (Å²) in [4.78, 5) is 11.8. The summed E-state index contributed by atoms with van der Waals surface area (Å²) in [5.41, 5.74) is 0.832. The van der Waals surface area contributed by atoms with Gasteiger partial charge in [0.15, 0.2) is 11.5 Å². The van der Waals surface area contributed by atoms with Gasteiger partial charge in [-0.2, -0.15) is 5.10 Å². The zero-order valence-electron chi connectivity index (χ0n) is 12.1. The molecule has 0 radical (unpaired) electrons. The molecule has 0 spiro atoms. The van der Waals surface area contributed by atoms with E-state index < -0.39 is 5.97 Å². The van der Waals surface area contributed by atoms with Gasteiger partial charge in [0.1, 0.15) is 0 Å². The van der Waals surface area contributed by atoms with Crippen molar-refractivity contribution in [1.29, 1.82) is 0 Å². The molecule has 0 aliphatic carbocycles. The van der Waals surface area contributed by atoms with Crippen molar-refractivity contribution in [2.75, 3.05) is 21.2 Å². The van der Waals surface area contributed by atoms with Gasteiger partial charge in [-0.15, -0.1) is 0 Å². The topological polar surface area (TPSA) is 64.3 Å². The van der Waals surface area contributed by atoms with Gasteiger partial charge in [-0.3, -0.25) is 0 Å². The summed E-state index contributed by atoms with van der Waals surface area (Å²) in [7, 11) is 5.16. The second-order valence-electron chi connectivity index (χ2n) is 4.37. The quantitative estimate of drug-likeness (QED) is 0.366. The fraction of sp³-hybridized carbons (Fsp3) is 0.200. The molecule has 2 aromatic rings. The first-order chi connectivity index (χ1) is 10.1. The number of methoxy groups -OCH3 is 1. The summed E-state index contributed by atoms with van der Waals surface area (Å²) in [6, 6.07) is 8.32. The third kappa shape index (κ3) is 3.85. The average molecular weight is 288 g/mol. The minimum Gasteiger partial charge on any atom is -0.493 e. The summed E-state index contributed by atoms with van der Waals surface area (Å²) >= 11 is 0. The van der Waals surface area contributed by atoms with E-state index in [0.29, 0.717) is 11.5 Å². The van der Waals surface area contributed by atoms with Crippen LogP contribution in [0.4, 0.5) is 0 Å². The van der Waals surface area contributed by atoms with E-state index in [1.807, 2.05) is 14.1 Å². The maximum absolute atomic E-state index is 11.8. The number of furan rings is 1. The van der Waals surface area contributed by atoms with Gasteiger partial charge in [0.25, 0.3) is 0 Å². The van der Waals surface area contributed by atoms with E-state index in [2.05, 4.69) is 5.10 Å². The molecule has 0 unspecified atom stereocenters. The van der Waals surface area contributed by atoms with Gasteiger partial charge in [-0.25, -0.2) is 4.79 Å². The SMILES string of the molecule is COc1cc(C=NN(C)C)ccc1OC(=O)c1ccco1. The highest BCUT2D eigenvalue weighted by Gasteiger charge is 2.14. The molecule has 110 valence electrons. The van der Waals surface area contributed by atoms with Gasteiger partial charge in [-0.05, 0) is 35.9 Å². The maximum Gasteiger partial charge on any atom is 0.379 e. The summed E-state index contributed by atoms with van der Waals surface area (Å²) in [5, 5.41) is 5.81. The minimum atomic E-state index is -0.576. The molecule has 1 heterocycles. The predicted molar refractivity (Wildman–Crippen MR) is 77.9 cm³/mol. The number of nitrogens with zero attached hydrogens (tertiary/aromatic N) is 2. The molecular formula is C15H16N2O4. The van der Waals surface area contributed by atoms with Crippen molar-refractivity contribution in [3.05, 3.63) is 47.9 Å². The highest BCUT2D eigenvalue weighted by atomic mass is 16.6. The molecule has 0 atom stereocenters. The first-order valence-electron chi connectivity index (χ1n) is 6.25. The fourth-order valence-electron chi connectivity index (χ4n) is 1.58. The van der Waals surface area contributed by atoms with Crippen LogP contribution in [-0.2, 0) is 0 Å². The number of rotatable bonds is 5. The highest BCUT2D eigenvalue weighted by molar-refractivity contribution is 5.88. The van der Waals surface area contributed by atoms with Crippen LogP contribution in [0.5, 0.6) is 11.5 Å². The van der Waals surface area contributed by atoms with E-state index in [9.17, 15) is 4.79 Å². The normalized spacial score (nSPS) is 10.6. The van der Waals surface area contributed by atoms with Gasteiger partial charge in [0.2, 0.25) is 5.76 Å². The van der Waals surface area contributed by atoms with Crippen molar-refractivity contribution >= 4 is 12.2 Å². The number of hydrogen-bond donors (Lipinski definition) is 0. The van der Waals surface area contributed by atoms with Crippen LogP contribution in [0.2, 0.25) is 0 Å². The largest absolute Gasteiger partial charge is 0.493 e. The van der Waals surface area contributed by atoms with Crippen LogP contribution in [0, 0.1) is 0 Å². The number of hydrogen-bond acceptors (Lipinski definition) is 6. The summed E-state index contributed by atoms with van der Waals surface area (Å²) in [6.07, 6.45) is 3.09. The Hall–Kier alpha value is -2.76. The minimum absolute atomic E-state index is 0.135. The highest BCUT2D eigenvalue weighted by Crippen LogP contribution is 2.28. The maximum atomic E-state index is 11.8. The lowest BCUT2D eigenvalue weighted by Gasteiger charge is -2.09. The van der Waals surface area contributed by atoms with Crippen LogP contribution < -0.4 is 9.47 Å². The lowest BCUT2D eigenvalue weighted by atomic mass is 10.2.